The van der Waals surface area contributed by atoms with E-state index in [2.05, 4.69) is 106 Å². The maximum atomic E-state index is 12.8. The van der Waals surface area contributed by atoms with E-state index in [0.717, 1.165) is 109 Å². The molecule has 0 aliphatic rings. The van der Waals surface area contributed by atoms with Crippen LogP contribution in [0.5, 0.6) is 0 Å². The van der Waals surface area contributed by atoms with E-state index >= 15 is 0 Å². The van der Waals surface area contributed by atoms with E-state index in [1.807, 2.05) is 0 Å². The number of hydrogen-bond donors (Lipinski definition) is 0. The zero-order valence-corrected chi connectivity index (χ0v) is 41.8. The van der Waals surface area contributed by atoms with Crippen LogP contribution >= 0.6 is 0 Å². The van der Waals surface area contributed by atoms with E-state index in [-0.39, 0.29) is 31.1 Å². The Balaban J connectivity index is 4.19. The topological polar surface area (TPSA) is 78.9 Å². The van der Waals surface area contributed by atoms with Crippen molar-refractivity contribution < 1.29 is 28.6 Å². The maximum Gasteiger partial charge on any atom is 0.306 e. The molecular formula is C58H98O6. The summed E-state index contributed by atoms with van der Waals surface area (Å²) < 4.78 is 16.7. The van der Waals surface area contributed by atoms with Gasteiger partial charge in [0, 0.05) is 19.3 Å². The Morgan fingerprint density at radius 1 is 0.328 bits per heavy atom. The van der Waals surface area contributed by atoms with Gasteiger partial charge in [-0.15, -0.1) is 0 Å². The summed E-state index contributed by atoms with van der Waals surface area (Å²) in [5, 5.41) is 0. The molecule has 0 rings (SSSR count). The highest BCUT2D eigenvalue weighted by Crippen LogP contribution is 2.15. The van der Waals surface area contributed by atoms with Gasteiger partial charge in [0.05, 0.1) is 0 Å². The first-order valence-electron chi connectivity index (χ1n) is 26.6. The Morgan fingerprint density at radius 2 is 0.609 bits per heavy atom. The molecule has 0 N–H and O–H groups in total. The summed E-state index contributed by atoms with van der Waals surface area (Å²) in [6.45, 7) is 6.35. The lowest BCUT2D eigenvalue weighted by Gasteiger charge is -2.18. The van der Waals surface area contributed by atoms with Gasteiger partial charge in [-0.3, -0.25) is 14.4 Å². The number of rotatable bonds is 47. The van der Waals surface area contributed by atoms with Gasteiger partial charge in [0.15, 0.2) is 6.10 Å². The SMILES string of the molecule is CC/C=C\C/C=C\C/C=C\C/C=C\CCCCCCCCCCCCC(=O)OCC(COC(=O)CCCCCCCC)OC(=O)CCCCCCCCC/C=C\C/C=C\C/C=C\CC. The van der Waals surface area contributed by atoms with Crippen molar-refractivity contribution in [2.24, 2.45) is 0 Å². The molecule has 0 saturated heterocycles. The third kappa shape index (κ3) is 49.6. The minimum absolute atomic E-state index is 0.0818. The molecule has 1 unspecified atom stereocenters. The number of ether oxygens (including phenoxy) is 3. The van der Waals surface area contributed by atoms with Crippen LogP contribution in [0, 0.1) is 0 Å². The molecule has 0 spiro atoms. The Morgan fingerprint density at radius 3 is 0.953 bits per heavy atom. The third-order valence-electron chi connectivity index (χ3n) is 11.1. The molecule has 0 bridgehead atoms. The van der Waals surface area contributed by atoms with Crippen molar-refractivity contribution in [3.05, 3.63) is 85.1 Å². The fraction of sp³-hybridized carbons (Fsp3) is 0.707. The van der Waals surface area contributed by atoms with E-state index in [9.17, 15) is 14.4 Å². The van der Waals surface area contributed by atoms with Crippen molar-refractivity contribution in [2.45, 2.75) is 252 Å². The third-order valence-corrected chi connectivity index (χ3v) is 11.1. The highest BCUT2D eigenvalue weighted by atomic mass is 16.6. The van der Waals surface area contributed by atoms with Gasteiger partial charge in [-0.05, 0) is 89.9 Å². The largest absolute Gasteiger partial charge is 0.462 e. The summed E-state index contributed by atoms with van der Waals surface area (Å²) in [6.07, 6.45) is 67.4. The van der Waals surface area contributed by atoms with Crippen molar-refractivity contribution in [1.82, 2.24) is 0 Å². The Hall–Kier alpha value is -3.41. The van der Waals surface area contributed by atoms with Crippen molar-refractivity contribution in [2.75, 3.05) is 13.2 Å². The predicted octanol–water partition coefficient (Wildman–Crippen LogP) is 17.6. The number of hydrogen-bond acceptors (Lipinski definition) is 6. The molecule has 0 aromatic rings. The predicted molar refractivity (Wildman–Crippen MR) is 274 cm³/mol. The van der Waals surface area contributed by atoms with Crippen LogP contribution < -0.4 is 0 Å². The molecule has 6 heteroatoms. The molecule has 0 aliphatic carbocycles. The summed E-state index contributed by atoms with van der Waals surface area (Å²) in [5.74, 6) is -0.905. The molecule has 0 radical (unpaired) electrons. The van der Waals surface area contributed by atoms with Crippen molar-refractivity contribution in [3.8, 4) is 0 Å². The first kappa shape index (κ1) is 60.6. The van der Waals surface area contributed by atoms with Gasteiger partial charge >= 0.3 is 17.9 Å². The number of carbonyl (C=O) groups excluding carboxylic acids is 3. The lowest BCUT2D eigenvalue weighted by molar-refractivity contribution is -0.167. The van der Waals surface area contributed by atoms with Crippen molar-refractivity contribution in [3.63, 3.8) is 0 Å². The minimum atomic E-state index is -0.780. The van der Waals surface area contributed by atoms with Crippen molar-refractivity contribution in [1.29, 1.82) is 0 Å². The fourth-order valence-corrected chi connectivity index (χ4v) is 7.21. The Labute approximate surface area is 395 Å². The van der Waals surface area contributed by atoms with Crippen LogP contribution in [0.15, 0.2) is 85.1 Å². The number of carbonyl (C=O) groups is 3. The van der Waals surface area contributed by atoms with Crippen LogP contribution in [-0.4, -0.2) is 37.2 Å². The van der Waals surface area contributed by atoms with E-state index in [1.165, 1.54) is 96.3 Å². The molecule has 0 saturated carbocycles. The summed E-state index contributed by atoms with van der Waals surface area (Å²) in [6, 6.07) is 0. The van der Waals surface area contributed by atoms with Gasteiger partial charge in [-0.25, -0.2) is 0 Å². The van der Waals surface area contributed by atoms with Crippen LogP contribution in [-0.2, 0) is 28.6 Å². The zero-order valence-electron chi connectivity index (χ0n) is 41.8. The monoisotopic (exact) mass is 891 g/mol. The molecule has 0 aliphatic heterocycles. The van der Waals surface area contributed by atoms with Crippen LogP contribution in [0.2, 0.25) is 0 Å². The van der Waals surface area contributed by atoms with Crippen LogP contribution in [0.1, 0.15) is 245 Å². The molecule has 6 nitrogen and oxygen atoms in total. The van der Waals surface area contributed by atoms with Crippen LogP contribution in [0.25, 0.3) is 0 Å². The van der Waals surface area contributed by atoms with E-state index in [1.54, 1.807) is 0 Å². The number of allylic oxidation sites excluding steroid dienone is 14. The van der Waals surface area contributed by atoms with Gasteiger partial charge in [-0.1, -0.05) is 221 Å². The molecular weight excluding hydrogens is 793 g/mol. The molecule has 0 aromatic heterocycles. The molecule has 0 fully saturated rings. The van der Waals surface area contributed by atoms with Gasteiger partial charge < -0.3 is 14.2 Å². The molecule has 366 valence electrons. The second-order valence-corrected chi connectivity index (χ2v) is 17.4. The molecule has 1 atom stereocenters. The number of unbranched alkanes of at least 4 members (excludes halogenated alkanes) is 22. The fourth-order valence-electron chi connectivity index (χ4n) is 7.21. The van der Waals surface area contributed by atoms with Gasteiger partial charge in [0.1, 0.15) is 13.2 Å². The Kier molecular flexibility index (Phi) is 49.4. The maximum absolute atomic E-state index is 12.8. The normalized spacial score (nSPS) is 12.7. The van der Waals surface area contributed by atoms with E-state index in [4.69, 9.17) is 14.2 Å². The van der Waals surface area contributed by atoms with E-state index < -0.39 is 6.10 Å². The summed E-state index contributed by atoms with van der Waals surface area (Å²) in [5.41, 5.74) is 0. The lowest BCUT2D eigenvalue weighted by Crippen LogP contribution is -2.30. The van der Waals surface area contributed by atoms with E-state index in [0.29, 0.717) is 19.3 Å². The number of esters is 3. The average molecular weight is 891 g/mol. The summed E-state index contributed by atoms with van der Waals surface area (Å²) >= 11 is 0. The van der Waals surface area contributed by atoms with Gasteiger partial charge in [0.2, 0.25) is 0 Å². The van der Waals surface area contributed by atoms with Gasteiger partial charge in [0.25, 0.3) is 0 Å². The average Bonchev–Trinajstić information content (AvgIpc) is 3.29. The highest BCUT2D eigenvalue weighted by Gasteiger charge is 2.19. The minimum Gasteiger partial charge on any atom is -0.462 e. The molecule has 0 aromatic carbocycles. The lowest BCUT2D eigenvalue weighted by atomic mass is 10.1. The first-order chi connectivity index (χ1) is 31.5. The van der Waals surface area contributed by atoms with Crippen LogP contribution in [0.3, 0.4) is 0 Å². The van der Waals surface area contributed by atoms with Crippen molar-refractivity contribution >= 4 is 17.9 Å². The summed E-state index contributed by atoms with van der Waals surface area (Å²) in [7, 11) is 0. The molecule has 0 amide bonds. The van der Waals surface area contributed by atoms with Gasteiger partial charge in [-0.2, -0.15) is 0 Å². The standard InChI is InChI=1S/C58H98O6/c1-4-7-10-13-16-18-20-22-24-26-27-28-29-30-31-33-34-36-38-40-42-45-48-51-57(60)63-54-55(53-62-56(59)50-47-44-15-12-9-6-3)64-58(61)52-49-46-43-41-39-37-35-32-25-23-21-19-17-14-11-8-5-2/h7-8,10-11,16-19,22-25,27-28,55H,4-6,9,12-15,20-21,26,29-54H2,1-3H3/b10-7-,11-8-,18-16-,19-17-,24-22-,25-23-,28-27-. The smallest absolute Gasteiger partial charge is 0.306 e. The second kappa shape index (κ2) is 52.2. The molecule has 64 heavy (non-hydrogen) atoms. The second-order valence-electron chi connectivity index (χ2n) is 17.4. The summed E-state index contributed by atoms with van der Waals surface area (Å²) in [4.78, 5) is 37.8. The Bertz CT molecular complexity index is 1250. The molecule has 0 heterocycles. The highest BCUT2D eigenvalue weighted by molar-refractivity contribution is 5.71. The quantitative estimate of drug-likeness (QED) is 0.0262. The first-order valence-corrected chi connectivity index (χ1v) is 26.6. The van der Waals surface area contributed by atoms with Crippen LogP contribution in [0.4, 0.5) is 0 Å². The zero-order chi connectivity index (χ0) is 46.5.